The number of nitrogens with two attached hydrogens (primary N) is 1. The lowest BCUT2D eigenvalue weighted by atomic mass is 10.3. The van der Waals surface area contributed by atoms with E-state index in [2.05, 4.69) is 4.98 Å². The molecule has 1 unspecified atom stereocenters. The molecular formula is C10H15N3O2S2. The van der Waals surface area contributed by atoms with Crippen LogP contribution >= 0.6 is 12.2 Å². The Bertz CT molecular complexity index is 488. The van der Waals surface area contributed by atoms with E-state index in [0.717, 1.165) is 5.56 Å². The minimum atomic E-state index is -3.49. The number of thiocarbonyl (C=S) groups is 1. The van der Waals surface area contributed by atoms with Gasteiger partial charge in [-0.05, 0) is 24.6 Å². The van der Waals surface area contributed by atoms with Crippen LogP contribution in [0.25, 0.3) is 0 Å². The molecule has 0 amide bonds. The van der Waals surface area contributed by atoms with Crippen molar-refractivity contribution in [3.8, 4) is 0 Å². The number of hydrogen-bond donors (Lipinski definition) is 1. The first-order valence-corrected chi connectivity index (χ1v) is 6.90. The highest BCUT2D eigenvalue weighted by Crippen LogP contribution is 2.11. The van der Waals surface area contributed by atoms with Crippen molar-refractivity contribution in [2.45, 2.75) is 18.7 Å². The lowest BCUT2D eigenvalue weighted by molar-refractivity contribution is 0.464. The van der Waals surface area contributed by atoms with Gasteiger partial charge in [0.05, 0.1) is 4.99 Å². The molecule has 0 spiro atoms. The summed E-state index contributed by atoms with van der Waals surface area (Å²) in [6.07, 6.45) is 3.24. The molecule has 1 rings (SSSR count). The Labute approximate surface area is 107 Å². The Morgan fingerprint density at radius 2 is 2.06 bits per heavy atom. The summed E-state index contributed by atoms with van der Waals surface area (Å²) in [5.74, 6) is 0. The van der Waals surface area contributed by atoms with Gasteiger partial charge in [0.25, 0.3) is 0 Å². The highest BCUT2D eigenvalue weighted by molar-refractivity contribution is 7.92. The normalized spacial score (nSPS) is 13.6. The van der Waals surface area contributed by atoms with E-state index in [1.165, 1.54) is 18.3 Å². The maximum absolute atomic E-state index is 12.0. The lowest BCUT2D eigenvalue weighted by Gasteiger charge is -2.21. The third-order valence-electron chi connectivity index (χ3n) is 2.44. The van der Waals surface area contributed by atoms with E-state index < -0.39 is 15.3 Å². The quantitative estimate of drug-likeness (QED) is 0.791. The molecule has 1 aromatic rings. The fourth-order valence-electron chi connectivity index (χ4n) is 1.25. The van der Waals surface area contributed by atoms with Gasteiger partial charge in [0.15, 0.2) is 0 Å². The largest absolute Gasteiger partial charge is 0.392 e. The van der Waals surface area contributed by atoms with Crippen molar-refractivity contribution >= 4 is 27.2 Å². The fraction of sp³-hybridized carbons (Fsp3) is 0.400. The van der Waals surface area contributed by atoms with Gasteiger partial charge in [0, 0.05) is 26.0 Å². The SMILES string of the molecule is CC(C(N)=S)S(=O)(=O)N(C)Cc1ccncc1. The number of aromatic nitrogens is 1. The summed E-state index contributed by atoms with van der Waals surface area (Å²) in [6, 6.07) is 3.52. The zero-order valence-corrected chi connectivity index (χ0v) is 11.3. The maximum Gasteiger partial charge on any atom is 0.223 e. The summed E-state index contributed by atoms with van der Waals surface area (Å²) in [5.41, 5.74) is 6.23. The van der Waals surface area contributed by atoms with E-state index in [9.17, 15) is 8.42 Å². The molecule has 2 N–H and O–H groups in total. The molecule has 0 aromatic carbocycles. The lowest BCUT2D eigenvalue weighted by Crippen LogP contribution is -2.40. The smallest absolute Gasteiger partial charge is 0.223 e. The third-order valence-corrected chi connectivity index (χ3v) is 5.08. The van der Waals surface area contributed by atoms with Gasteiger partial charge in [-0.25, -0.2) is 12.7 Å². The van der Waals surface area contributed by atoms with Gasteiger partial charge in [-0.2, -0.15) is 0 Å². The van der Waals surface area contributed by atoms with Gasteiger partial charge in [0.1, 0.15) is 5.25 Å². The van der Waals surface area contributed by atoms with E-state index in [-0.39, 0.29) is 11.5 Å². The molecule has 1 atom stereocenters. The van der Waals surface area contributed by atoms with Crippen molar-refractivity contribution in [1.82, 2.24) is 9.29 Å². The van der Waals surface area contributed by atoms with Crippen molar-refractivity contribution in [2.24, 2.45) is 5.73 Å². The fourth-order valence-corrected chi connectivity index (χ4v) is 2.78. The maximum atomic E-state index is 12.0. The van der Waals surface area contributed by atoms with Crippen LogP contribution in [0.15, 0.2) is 24.5 Å². The second kappa shape index (κ2) is 5.52. The average Bonchev–Trinajstić information content (AvgIpc) is 2.29. The van der Waals surface area contributed by atoms with Crippen LogP contribution in [-0.2, 0) is 16.6 Å². The van der Waals surface area contributed by atoms with E-state index in [4.69, 9.17) is 18.0 Å². The number of rotatable bonds is 5. The molecule has 0 aliphatic heterocycles. The van der Waals surface area contributed by atoms with Crippen molar-refractivity contribution < 1.29 is 8.42 Å². The molecule has 94 valence electrons. The van der Waals surface area contributed by atoms with Crippen LogP contribution in [0.2, 0.25) is 0 Å². The van der Waals surface area contributed by atoms with Gasteiger partial charge in [0.2, 0.25) is 10.0 Å². The highest BCUT2D eigenvalue weighted by atomic mass is 32.2. The van der Waals surface area contributed by atoms with Crippen LogP contribution < -0.4 is 5.73 Å². The summed E-state index contributed by atoms with van der Waals surface area (Å²) >= 11 is 4.71. The minimum Gasteiger partial charge on any atom is -0.392 e. The van der Waals surface area contributed by atoms with Gasteiger partial charge in [-0.15, -0.1) is 0 Å². The summed E-state index contributed by atoms with van der Waals surface area (Å²) in [5, 5.41) is -0.857. The molecule has 1 heterocycles. The van der Waals surface area contributed by atoms with Crippen molar-refractivity contribution in [3.63, 3.8) is 0 Å². The predicted octanol–water partition coefficient (Wildman–Crippen LogP) is 0.518. The van der Waals surface area contributed by atoms with Crippen LogP contribution in [0.5, 0.6) is 0 Å². The monoisotopic (exact) mass is 273 g/mol. The van der Waals surface area contributed by atoms with Crippen LogP contribution in [0, 0.1) is 0 Å². The Balaban J connectivity index is 2.84. The molecule has 0 aliphatic carbocycles. The van der Waals surface area contributed by atoms with E-state index >= 15 is 0 Å². The summed E-state index contributed by atoms with van der Waals surface area (Å²) < 4.78 is 25.3. The first-order chi connectivity index (χ1) is 7.85. The van der Waals surface area contributed by atoms with E-state index in [1.807, 2.05) is 0 Å². The van der Waals surface area contributed by atoms with Crippen LogP contribution in [0.4, 0.5) is 0 Å². The second-order valence-corrected chi connectivity index (χ2v) is 6.53. The van der Waals surface area contributed by atoms with Gasteiger partial charge < -0.3 is 5.73 Å². The number of pyridine rings is 1. The Hall–Kier alpha value is -1.05. The van der Waals surface area contributed by atoms with Crippen LogP contribution in [-0.4, -0.2) is 35.0 Å². The average molecular weight is 273 g/mol. The molecule has 5 nitrogen and oxygen atoms in total. The van der Waals surface area contributed by atoms with Gasteiger partial charge >= 0.3 is 0 Å². The summed E-state index contributed by atoms with van der Waals surface area (Å²) in [4.78, 5) is 3.85. The Morgan fingerprint density at radius 1 is 1.53 bits per heavy atom. The first-order valence-electron chi connectivity index (χ1n) is 4.99. The van der Waals surface area contributed by atoms with Crippen molar-refractivity contribution in [2.75, 3.05) is 7.05 Å². The summed E-state index contributed by atoms with van der Waals surface area (Å²) in [6.45, 7) is 1.76. The molecule has 0 fully saturated rings. The Kier molecular flexibility index (Phi) is 4.55. The van der Waals surface area contributed by atoms with E-state index in [1.54, 1.807) is 24.5 Å². The number of sulfonamides is 1. The van der Waals surface area contributed by atoms with Gasteiger partial charge in [-0.3, -0.25) is 4.98 Å². The highest BCUT2D eigenvalue weighted by Gasteiger charge is 2.27. The molecular weight excluding hydrogens is 258 g/mol. The van der Waals surface area contributed by atoms with Crippen molar-refractivity contribution in [3.05, 3.63) is 30.1 Å². The first kappa shape index (κ1) is 14.0. The molecule has 0 saturated carbocycles. The molecule has 7 heteroatoms. The van der Waals surface area contributed by atoms with Crippen molar-refractivity contribution in [1.29, 1.82) is 0 Å². The molecule has 17 heavy (non-hydrogen) atoms. The van der Waals surface area contributed by atoms with Gasteiger partial charge in [-0.1, -0.05) is 12.2 Å². The Morgan fingerprint density at radius 3 is 2.53 bits per heavy atom. The molecule has 0 aliphatic rings. The molecule has 0 bridgehead atoms. The van der Waals surface area contributed by atoms with Crippen LogP contribution in [0.1, 0.15) is 12.5 Å². The predicted molar refractivity (Wildman–Crippen MR) is 70.9 cm³/mol. The van der Waals surface area contributed by atoms with Crippen LogP contribution in [0.3, 0.4) is 0 Å². The number of nitrogens with zero attached hydrogens (tertiary/aromatic N) is 2. The molecule has 0 radical (unpaired) electrons. The topological polar surface area (TPSA) is 76.3 Å². The number of hydrogen-bond acceptors (Lipinski definition) is 4. The van der Waals surface area contributed by atoms with E-state index in [0.29, 0.717) is 0 Å². The minimum absolute atomic E-state index is 0.0217. The molecule has 1 aromatic heterocycles. The summed E-state index contributed by atoms with van der Waals surface area (Å²) in [7, 11) is -1.99. The molecule has 0 saturated heterocycles. The zero-order valence-electron chi connectivity index (χ0n) is 9.70. The second-order valence-electron chi connectivity index (χ2n) is 3.70. The zero-order chi connectivity index (χ0) is 13.1. The standard InChI is InChI=1S/C10H15N3O2S2/c1-8(10(11)16)17(14,15)13(2)7-9-3-5-12-6-4-9/h3-6,8H,7H2,1-2H3,(H2,11,16). The third kappa shape index (κ3) is 3.45.